The van der Waals surface area contributed by atoms with Crippen LogP contribution >= 0.6 is 0 Å². The Morgan fingerprint density at radius 1 is 1.31 bits per heavy atom. The third kappa shape index (κ3) is 2.04. The third-order valence-corrected chi connectivity index (χ3v) is 2.08. The Hall–Kier alpha value is -2.27. The Kier molecular flexibility index (Phi) is 2.88. The van der Waals surface area contributed by atoms with E-state index < -0.39 is 5.91 Å². The van der Waals surface area contributed by atoms with E-state index in [0.717, 1.165) is 5.56 Å². The quantitative estimate of drug-likeness (QED) is 0.584. The fraction of sp³-hybridized carbons (Fsp3) is 0. The van der Waals surface area contributed by atoms with Crippen LogP contribution in [0, 0.1) is 0 Å². The van der Waals surface area contributed by atoms with E-state index in [4.69, 9.17) is 5.21 Å². The fourth-order valence-electron chi connectivity index (χ4n) is 1.31. The topological polar surface area (TPSA) is 75.1 Å². The van der Waals surface area contributed by atoms with E-state index >= 15 is 0 Å². The Bertz CT molecular complexity index is 500. The molecule has 0 spiro atoms. The summed E-state index contributed by atoms with van der Waals surface area (Å²) in [7, 11) is 0. The van der Waals surface area contributed by atoms with Crippen LogP contribution in [0.1, 0.15) is 10.4 Å². The maximum absolute atomic E-state index is 11.2. The van der Waals surface area contributed by atoms with Crippen molar-refractivity contribution in [3.63, 3.8) is 0 Å². The van der Waals surface area contributed by atoms with Gasteiger partial charge in [0, 0.05) is 29.7 Å². The van der Waals surface area contributed by atoms with Crippen molar-refractivity contribution in [1.82, 2.24) is 15.4 Å². The van der Waals surface area contributed by atoms with Crippen LogP contribution in [0.5, 0.6) is 0 Å². The van der Waals surface area contributed by atoms with Gasteiger partial charge in [0.05, 0.1) is 5.69 Å². The van der Waals surface area contributed by atoms with Crippen molar-refractivity contribution in [2.75, 3.05) is 0 Å². The van der Waals surface area contributed by atoms with Gasteiger partial charge in [0.15, 0.2) is 0 Å². The van der Waals surface area contributed by atoms with Gasteiger partial charge in [0.1, 0.15) is 0 Å². The number of amides is 1. The number of hydrogen-bond donors (Lipinski definition) is 2. The van der Waals surface area contributed by atoms with Gasteiger partial charge in [0.2, 0.25) is 0 Å². The Morgan fingerprint density at radius 3 is 2.88 bits per heavy atom. The minimum Gasteiger partial charge on any atom is -0.288 e. The Labute approximate surface area is 91.8 Å². The lowest BCUT2D eigenvalue weighted by atomic mass is 10.1. The monoisotopic (exact) mass is 215 g/mol. The average molecular weight is 215 g/mol. The molecular weight excluding hydrogens is 206 g/mol. The third-order valence-electron chi connectivity index (χ3n) is 2.08. The molecule has 0 bridgehead atoms. The smallest absolute Gasteiger partial charge is 0.274 e. The molecule has 0 aliphatic rings. The summed E-state index contributed by atoms with van der Waals surface area (Å²) < 4.78 is 0. The first-order valence-electron chi connectivity index (χ1n) is 4.62. The molecule has 2 heterocycles. The highest BCUT2D eigenvalue weighted by Crippen LogP contribution is 2.15. The molecule has 80 valence electrons. The van der Waals surface area contributed by atoms with Gasteiger partial charge in [-0.25, -0.2) is 5.48 Å². The highest BCUT2D eigenvalue weighted by Gasteiger charge is 2.06. The SMILES string of the molecule is O=C(NO)c1ccnc(-c2cccnc2)c1. The predicted octanol–water partition coefficient (Wildman–Crippen LogP) is 1.26. The standard InChI is InChI=1S/C11H9N3O2/c15-11(14-16)8-3-5-13-10(6-8)9-2-1-4-12-7-9/h1-7,16H,(H,14,15). The first kappa shape index (κ1) is 10.3. The van der Waals surface area contributed by atoms with Crippen molar-refractivity contribution < 1.29 is 10.0 Å². The van der Waals surface area contributed by atoms with Crippen molar-refractivity contribution in [2.24, 2.45) is 0 Å². The number of pyridine rings is 2. The molecule has 0 saturated heterocycles. The summed E-state index contributed by atoms with van der Waals surface area (Å²) in [4.78, 5) is 19.3. The van der Waals surface area contributed by atoms with E-state index in [-0.39, 0.29) is 0 Å². The summed E-state index contributed by atoms with van der Waals surface area (Å²) in [6.45, 7) is 0. The lowest BCUT2D eigenvalue weighted by molar-refractivity contribution is 0.0706. The molecule has 0 atom stereocenters. The summed E-state index contributed by atoms with van der Waals surface area (Å²) in [5.74, 6) is -0.562. The van der Waals surface area contributed by atoms with Crippen molar-refractivity contribution in [1.29, 1.82) is 0 Å². The van der Waals surface area contributed by atoms with E-state index in [0.29, 0.717) is 11.3 Å². The fourth-order valence-corrected chi connectivity index (χ4v) is 1.31. The van der Waals surface area contributed by atoms with Gasteiger partial charge in [-0.05, 0) is 24.3 Å². The zero-order valence-electron chi connectivity index (χ0n) is 8.29. The number of carbonyl (C=O) groups excluding carboxylic acids is 1. The summed E-state index contributed by atoms with van der Waals surface area (Å²) >= 11 is 0. The maximum Gasteiger partial charge on any atom is 0.274 e. The molecule has 0 aliphatic carbocycles. The molecule has 16 heavy (non-hydrogen) atoms. The molecule has 2 aromatic rings. The number of rotatable bonds is 2. The first-order valence-corrected chi connectivity index (χ1v) is 4.62. The molecule has 2 rings (SSSR count). The number of hydrogen-bond acceptors (Lipinski definition) is 4. The van der Waals surface area contributed by atoms with Crippen LogP contribution in [-0.4, -0.2) is 21.1 Å². The van der Waals surface area contributed by atoms with Gasteiger partial charge < -0.3 is 0 Å². The van der Waals surface area contributed by atoms with E-state index in [1.807, 2.05) is 6.07 Å². The average Bonchev–Trinajstić information content (AvgIpc) is 2.39. The Morgan fingerprint density at radius 2 is 2.19 bits per heavy atom. The molecule has 0 aromatic carbocycles. The molecule has 0 unspecified atom stereocenters. The van der Waals surface area contributed by atoms with E-state index in [1.54, 1.807) is 30.0 Å². The summed E-state index contributed by atoms with van der Waals surface area (Å²) in [5, 5.41) is 8.52. The summed E-state index contributed by atoms with van der Waals surface area (Å²) in [6, 6.07) is 6.74. The second-order valence-electron chi connectivity index (χ2n) is 3.11. The lowest BCUT2D eigenvalue weighted by Crippen LogP contribution is -2.18. The normalized spacial score (nSPS) is 9.81. The molecule has 0 fully saturated rings. The summed E-state index contributed by atoms with van der Waals surface area (Å²) in [6.07, 6.45) is 4.82. The number of carbonyl (C=O) groups is 1. The van der Waals surface area contributed by atoms with Crippen LogP contribution in [0.2, 0.25) is 0 Å². The van der Waals surface area contributed by atoms with E-state index in [9.17, 15) is 4.79 Å². The molecule has 2 aromatic heterocycles. The van der Waals surface area contributed by atoms with Crippen LogP contribution in [0.4, 0.5) is 0 Å². The predicted molar refractivity (Wildman–Crippen MR) is 56.7 cm³/mol. The number of hydroxylamine groups is 1. The van der Waals surface area contributed by atoms with Crippen molar-refractivity contribution in [2.45, 2.75) is 0 Å². The molecule has 1 amide bonds. The second kappa shape index (κ2) is 4.50. The molecule has 0 saturated carbocycles. The highest BCUT2D eigenvalue weighted by atomic mass is 16.5. The number of nitrogens with zero attached hydrogens (tertiary/aromatic N) is 2. The molecule has 5 heteroatoms. The van der Waals surface area contributed by atoms with Gasteiger partial charge in [-0.1, -0.05) is 0 Å². The van der Waals surface area contributed by atoms with Gasteiger partial charge in [-0.3, -0.25) is 20.0 Å². The second-order valence-corrected chi connectivity index (χ2v) is 3.11. The minimum absolute atomic E-state index is 0.344. The first-order chi connectivity index (χ1) is 7.81. The Balaban J connectivity index is 2.40. The van der Waals surface area contributed by atoms with Crippen LogP contribution in [-0.2, 0) is 0 Å². The van der Waals surface area contributed by atoms with Crippen LogP contribution in [0.25, 0.3) is 11.3 Å². The molecule has 2 N–H and O–H groups in total. The largest absolute Gasteiger partial charge is 0.288 e. The van der Waals surface area contributed by atoms with E-state index in [1.165, 1.54) is 12.3 Å². The van der Waals surface area contributed by atoms with Gasteiger partial charge >= 0.3 is 0 Å². The molecule has 0 radical (unpaired) electrons. The van der Waals surface area contributed by atoms with Gasteiger partial charge in [-0.2, -0.15) is 0 Å². The van der Waals surface area contributed by atoms with Crippen molar-refractivity contribution in [3.05, 3.63) is 48.4 Å². The van der Waals surface area contributed by atoms with Gasteiger partial charge in [-0.15, -0.1) is 0 Å². The van der Waals surface area contributed by atoms with Crippen LogP contribution in [0.15, 0.2) is 42.9 Å². The molecule has 0 aliphatic heterocycles. The van der Waals surface area contributed by atoms with Crippen molar-refractivity contribution >= 4 is 5.91 Å². The van der Waals surface area contributed by atoms with Crippen LogP contribution in [0.3, 0.4) is 0 Å². The molecular formula is C11H9N3O2. The zero-order valence-corrected chi connectivity index (χ0v) is 8.29. The van der Waals surface area contributed by atoms with E-state index in [2.05, 4.69) is 9.97 Å². The number of aromatic nitrogens is 2. The highest BCUT2D eigenvalue weighted by molar-refractivity contribution is 5.94. The molecule has 5 nitrogen and oxygen atoms in total. The lowest BCUT2D eigenvalue weighted by Gasteiger charge is -2.02. The van der Waals surface area contributed by atoms with Crippen molar-refractivity contribution in [3.8, 4) is 11.3 Å². The zero-order chi connectivity index (χ0) is 11.4. The number of nitrogens with one attached hydrogen (secondary N) is 1. The summed E-state index contributed by atoms with van der Waals surface area (Å²) in [5.41, 5.74) is 3.37. The van der Waals surface area contributed by atoms with Crippen LogP contribution < -0.4 is 5.48 Å². The van der Waals surface area contributed by atoms with Gasteiger partial charge in [0.25, 0.3) is 5.91 Å². The minimum atomic E-state index is -0.562. The maximum atomic E-state index is 11.2.